The lowest BCUT2D eigenvalue weighted by atomic mass is 10.0. The minimum atomic E-state index is 0.326. The maximum atomic E-state index is 11.9. The Kier molecular flexibility index (Phi) is 2.01. The van der Waals surface area contributed by atoms with Crippen LogP contribution in [0, 0.1) is 5.92 Å². The van der Waals surface area contributed by atoms with E-state index in [1.54, 1.807) is 0 Å². The van der Waals surface area contributed by atoms with Gasteiger partial charge in [0.05, 0.1) is 0 Å². The molecule has 1 heterocycles. The largest absolute Gasteiger partial charge is 0.384 e. The fraction of sp³-hybridized carbons (Fsp3) is 0.462. The van der Waals surface area contributed by atoms with Gasteiger partial charge in [0.25, 0.3) is 0 Å². The van der Waals surface area contributed by atoms with Gasteiger partial charge in [0.2, 0.25) is 0 Å². The summed E-state index contributed by atoms with van der Waals surface area (Å²) in [5.41, 5.74) is 3.42. The zero-order chi connectivity index (χ0) is 10.3. The Balaban J connectivity index is 1.82. The van der Waals surface area contributed by atoms with E-state index in [4.69, 9.17) is 0 Å². The molecule has 0 atom stereocenters. The van der Waals surface area contributed by atoms with Crippen LogP contribution in [0.25, 0.3) is 0 Å². The quantitative estimate of drug-likeness (QED) is 0.762. The van der Waals surface area contributed by atoms with Gasteiger partial charge in [-0.2, -0.15) is 0 Å². The van der Waals surface area contributed by atoms with Crippen molar-refractivity contribution in [2.45, 2.75) is 25.7 Å². The Morgan fingerprint density at radius 3 is 3.07 bits per heavy atom. The molecule has 0 aromatic heterocycles. The lowest BCUT2D eigenvalue weighted by Crippen LogP contribution is -2.00. The van der Waals surface area contributed by atoms with Crippen molar-refractivity contribution in [2.75, 3.05) is 11.9 Å². The Bertz CT molecular complexity index is 407. The fourth-order valence-corrected chi connectivity index (χ4v) is 2.18. The molecule has 78 valence electrons. The smallest absolute Gasteiger partial charge is 0.163 e. The maximum absolute atomic E-state index is 11.9. The van der Waals surface area contributed by atoms with E-state index < -0.39 is 0 Å². The summed E-state index contributed by atoms with van der Waals surface area (Å²) in [5.74, 6) is 1.01. The monoisotopic (exact) mass is 201 g/mol. The molecule has 0 saturated heterocycles. The van der Waals surface area contributed by atoms with Crippen LogP contribution in [0.5, 0.6) is 0 Å². The highest BCUT2D eigenvalue weighted by Crippen LogP contribution is 2.34. The van der Waals surface area contributed by atoms with Gasteiger partial charge in [0.15, 0.2) is 5.78 Å². The first-order valence-corrected chi connectivity index (χ1v) is 5.73. The Morgan fingerprint density at radius 1 is 1.40 bits per heavy atom. The molecule has 15 heavy (non-hydrogen) atoms. The van der Waals surface area contributed by atoms with Gasteiger partial charge < -0.3 is 5.32 Å². The lowest BCUT2D eigenvalue weighted by Gasteiger charge is -2.03. The van der Waals surface area contributed by atoms with Crippen LogP contribution in [0.1, 0.15) is 35.2 Å². The second-order valence-electron chi connectivity index (χ2n) is 4.62. The van der Waals surface area contributed by atoms with Gasteiger partial charge in [-0.25, -0.2) is 0 Å². The van der Waals surface area contributed by atoms with Gasteiger partial charge >= 0.3 is 0 Å². The highest BCUT2D eigenvalue weighted by Gasteiger charge is 2.25. The van der Waals surface area contributed by atoms with Crippen LogP contribution in [0.4, 0.5) is 5.69 Å². The molecule has 1 aliphatic heterocycles. The summed E-state index contributed by atoms with van der Waals surface area (Å²) < 4.78 is 0. The van der Waals surface area contributed by atoms with Crippen molar-refractivity contribution in [1.29, 1.82) is 0 Å². The number of fused-ring (bicyclic) bond motifs is 1. The third-order valence-corrected chi connectivity index (χ3v) is 3.31. The number of rotatable bonds is 3. The molecule has 1 aliphatic carbocycles. The summed E-state index contributed by atoms with van der Waals surface area (Å²) in [6, 6.07) is 6.07. The molecule has 2 nitrogen and oxygen atoms in total. The van der Waals surface area contributed by atoms with Crippen LogP contribution in [-0.4, -0.2) is 12.3 Å². The van der Waals surface area contributed by atoms with Crippen molar-refractivity contribution >= 4 is 11.5 Å². The first kappa shape index (κ1) is 8.96. The topological polar surface area (TPSA) is 29.1 Å². The summed E-state index contributed by atoms with van der Waals surface area (Å²) in [6.07, 6.45) is 4.31. The van der Waals surface area contributed by atoms with Crippen molar-refractivity contribution in [1.82, 2.24) is 0 Å². The van der Waals surface area contributed by atoms with Crippen molar-refractivity contribution in [3.8, 4) is 0 Å². The first-order valence-electron chi connectivity index (χ1n) is 5.73. The van der Waals surface area contributed by atoms with Crippen LogP contribution in [0.2, 0.25) is 0 Å². The predicted molar refractivity (Wildman–Crippen MR) is 60.3 cm³/mol. The molecule has 1 N–H and O–H groups in total. The number of ketones is 1. The number of Topliss-reactive ketones (excluding diaryl/α,β-unsaturated/α-hetero) is 1. The Morgan fingerprint density at radius 2 is 2.27 bits per heavy atom. The Labute approximate surface area is 89.7 Å². The van der Waals surface area contributed by atoms with E-state index in [1.165, 1.54) is 24.1 Å². The van der Waals surface area contributed by atoms with Crippen molar-refractivity contribution in [2.24, 2.45) is 5.92 Å². The van der Waals surface area contributed by atoms with Gasteiger partial charge in [-0.3, -0.25) is 4.79 Å². The average molecular weight is 201 g/mol. The molecule has 0 unspecified atom stereocenters. The SMILES string of the molecule is O=C(CC1CC1)c1ccc2c(c1)CCN2. The third kappa shape index (κ3) is 1.76. The van der Waals surface area contributed by atoms with E-state index in [2.05, 4.69) is 11.4 Å². The van der Waals surface area contributed by atoms with Gasteiger partial charge in [-0.05, 0) is 48.9 Å². The summed E-state index contributed by atoms with van der Waals surface area (Å²) in [6.45, 7) is 1.01. The van der Waals surface area contributed by atoms with Gasteiger partial charge in [-0.1, -0.05) is 0 Å². The van der Waals surface area contributed by atoms with Crippen molar-refractivity contribution in [3.63, 3.8) is 0 Å². The van der Waals surface area contributed by atoms with E-state index in [1.807, 2.05) is 12.1 Å². The second kappa shape index (κ2) is 3.37. The van der Waals surface area contributed by atoms with Crippen molar-refractivity contribution < 1.29 is 4.79 Å². The Hall–Kier alpha value is -1.31. The number of carbonyl (C=O) groups is 1. The number of hydrogen-bond acceptors (Lipinski definition) is 2. The molecular weight excluding hydrogens is 186 g/mol. The summed E-state index contributed by atoms with van der Waals surface area (Å²) in [5, 5.41) is 3.31. The molecule has 1 saturated carbocycles. The number of benzene rings is 1. The molecule has 0 amide bonds. The second-order valence-corrected chi connectivity index (χ2v) is 4.62. The molecule has 1 fully saturated rings. The molecule has 0 spiro atoms. The molecule has 1 aromatic rings. The van der Waals surface area contributed by atoms with Gasteiger partial charge in [-0.15, -0.1) is 0 Å². The van der Waals surface area contributed by atoms with E-state index in [9.17, 15) is 4.79 Å². The predicted octanol–water partition coefficient (Wildman–Crippen LogP) is 2.64. The highest BCUT2D eigenvalue weighted by molar-refractivity contribution is 5.97. The maximum Gasteiger partial charge on any atom is 0.163 e. The molecule has 3 rings (SSSR count). The molecule has 2 aliphatic rings. The van der Waals surface area contributed by atoms with Crippen LogP contribution in [0.3, 0.4) is 0 Å². The molecular formula is C13H15NO. The number of nitrogens with one attached hydrogen (secondary N) is 1. The lowest BCUT2D eigenvalue weighted by molar-refractivity contribution is 0.0976. The van der Waals surface area contributed by atoms with E-state index in [-0.39, 0.29) is 0 Å². The summed E-state index contributed by atoms with van der Waals surface area (Å²) in [4.78, 5) is 11.9. The average Bonchev–Trinajstić information content (AvgIpc) is 2.94. The minimum Gasteiger partial charge on any atom is -0.384 e. The normalized spacial score (nSPS) is 18.4. The fourth-order valence-electron chi connectivity index (χ4n) is 2.18. The van der Waals surface area contributed by atoms with E-state index in [0.29, 0.717) is 11.7 Å². The van der Waals surface area contributed by atoms with E-state index >= 15 is 0 Å². The molecule has 0 radical (unpaired) electrons. The van der Waals surface area contributed by atoms with Crippen LogP contribution in [-0.2, 0) is 6.42 Å². The van der Waals surface area contributed by atoms with Crippen LogP contribution < -0.4 is 5.32 Å². The number of carbonyl (C=O) groups excluding carboxylic acids is 1. The summed E-state index contributed by atoms with van der Waals surface area (Å²) >= 11 is 0. The minimum absolute atomic E-state index is 0.326. The zero-order valence-electron chi connectivity index (χ0n) is 8.75. The van der Waals surface area contributed by atoms with Crippen LogP contribution >= 0.6 is 0 Å². The molecule has 0 bridgehead atoms. The highest BCUT2D eigenvalue weighted by atomic mass is 16.1. The third-order valence-electron chi connectivity index (χ3n) is 3.31. The first-order chi connectivity index (χ1) is 7.33. The van der Waals surface area contributed by atoms with Gasteiger partial charge in [0.1, 0.15) is 0 Å². The van der Waals surface area contributed by atoms with Gasteiger partial charge in [0, 0.05) is 24.2 Å². The number of anilines is 1. The molecule has 2 heteroatoms. The molecule has 1 aromatic carbocycles. The summed E-state index contributed by atoms with van der Waals surface area (Å²) in [7, 11) is 0. The van der Waals surface area contributed by atoms with E-state index in [0.717, 1.165) is 24.9 Å². The number of hydrogen-bond donors (Lipinski definition) is 1. The zero-order valence-corrected chi connectivity index (χ0v) is 8.75. The van der Waals surface area contributed by atoms with Crippen molar-refractivity contribution in [3.05, 3.63) is 29.3 Å². The standard InChI is InChI=1S/C13H15NO/c15-13(7-9-1-2-9)11-3-4-12-10(8-11)5-6-14-12/h3-4,8-9,14H,1-2,5-7H2. The van der Waals surface area contributed by atoms with Crippen LogP contribution in [0.15, 0.2) is 18.2 Å².